The van der Waals surface area contributed by atoms with Crippen LogP contribution >= 0.6 is 11.6 Å². The molecule has 0 N–H and O–H groups in total. The summed E-state index contributed by atoms with van der Waals surface area (Å²) < 4.78 is 0. The van der Waals surface area contributed by atoms with E-state index in [1.54, 1.807) is 0 Å². The number of piperazine rings is 1. The molecule has 0 aromatic heterocycles. The molecule has 3 rings (SSSR count). The van der Waals surface area contributed by atoms with Crippen molar-refractivity contribution >= 4 is 11.6 Å². The van der Waals surface area contributed by atoms with Crippen LogP contribution in [-0.4, -0.2) is 42.5 Å². The maximum atomic E-state index is 6.08. The molecule has 0 saturated carbocycles. The van der Waals surface area contributed by atoms with E-state index in [0.29, 0.717) is 6.04 Å². The van der Waals surface area contributed by atoms with Gasteiger partial charge in [-0.1, -0.05) is 61.0 Å². The molecule has 3 heteroatoms. The van der Waals surface area contributed by atoms with Gasteiger partial charge in [0.1, 0.15) is 0 Å². The number of hydrogen-bond donors (Lipinski definition) is 0. The van der Waals surface area contributed by atoms with Crippen LogP contribution in [0.4, 0.5) is 0 Å². The third-order valence-corrected chi connectivity index (χ3v) is 4.86. The van der Waals surface area contributed by atoms with E-state index in [2.05, 4.69) is 59.2 Å². The Morgan fingerprint density at radius 2 is 1.48 bits per heavy atom. The largest absolute Gasteiger partial charge is 0.301 e. The third-order valence-electron chi connectivity index (χ3n) is 4.61. The maximum absolute atomic E-state index is 6.08. The lowest BCUT2D eigenvalue weighted by Crippen LogP contribution is -2.47. The highest BCUT2D eigenvalue weighted by atomic mass is 35.5. The lowest BCUT2D eigenvalue weighted by molar-refractivity contribution is 0.109. The Labute approximate surface area is 144 Å². The minimum absolute atomic E-state index is 0.317. The fourth-order valence-electron chi connectivity index (χ4n) is 3.46. The van der Waals surface area contributed by atoms with Crippen molar-refractivity contribution < 1.29 is 0 Å². The van der Waals surface area contributed by atoms with E-state index in [4.69, 9.17) is 11.6 Å². The first-order valence-corrected chi connectivity index (χ1v) is 8.92. The summed E-state index contributed by atoms with van der Waals surface area (Å²) in [7, 11) is 0. The summed E-state index contributed by atoms with van der Waals surface area (Å²) in [4.78, 5) is 5.17. The number of halogens is 1. The standard InChI is InChI=1S/C20H25ClN2/c1-2-12-22-13-15-23(16-14-22)20(17-6-4-3-5-7-17)18-8-10-19(21)11-9-18/h3-11,20H,2,12-16H2,1H3/t20-/m0/s1. The van der Waals surface area contributed by atoms with Gasteiger partial charge in [-0.05, 0) is 36.2 Å². The lowest BCUT2D eigenvalue weighted by Gasteiger charge is -2.39. The second-order valence-electron chi connectivity index (χ2n) is 6.24. The summed E-state index contributed by atoms with van der Waals surface area (Å²) in [5.74, 6) is 0. The predicted molar refractivity (Wildman–Crippen MR) is 98.0 cm³/mol. The van der Waals surface area contributed by atoms with Gasteiger partial charge in [0.05, 0.1) is 6.04 Å². The van der Waals surface area contributed by atoms with E-state index in [-0.39, 0.29) is 0 Å². The van der Waals surface area contributed by atoms with Crippen molar-refractivity contribution in [2.75, 3.05) is 32.7 Å². The van der Waals surface area contributed by atoms with Crippen LogP contribution in [0.3, 0.4) is 0 Å². The normalized spacial score (nSPS) is 18.0. The molecule has 1 aliphatic heterocycles. The van der Waals surface area contributed by atoms with Crippen LogP contribution in [0.15, 0.2) is 54.6 Å². The zero-order chi connectivity index (χ0) is 16.1. The summed E-state index contributed by atoms with van der Waals surface area (Å²) >= 11 is 6.08. The number of rotatable bonds is 5. The Morgan fingerprint density at radius 3 is 2.09 bits per heavy atom. The fraction of sp³-hybridized carbons (Fsp3) is 0.400. The van der Waals surface area contributed by atoms with Crippen LogP contribution in [0.25, 0.3) is 0 Å². The van der Waals surface area contributed by atoms with Gasteiger partial charge in [0, 0.05) is 31.2 Å². The first kappa shape index (κ1) is 16.5. The van der Waals surface area contributed by atoms with E-state index in [0.717, 1.165) is 31.2 Å². The molecule has 2 aromatic carbocycles. The Kier molecular flexibility index (Phi) is 5.71. The zero-order valence-electron chi connectivity index (χ0n) is 13.8. The minimum atomic E-state index is 0.317. The Hall–Kier alpha value is -1.35. The molecule has 122 valence electrons. The van der Waals surface area contributed by atoms with Gasteiger partial charge < -0.3 is 4.90 Å². The van der Waals surface area contributed by atoms with Gasteiger partial charge in [-0.2, -0.15) is 0 Å². The lowest BCUT2D eigenvalue weighted by atomic mass is 9.96. The molecule has 0 aliphatic carbocycles. The zero-order valence-corrected chi connectivity index (χ0v) is 14.5. The second-order valence-corrected chi connectivity index (χ2v) is 6.68. The molecule has 1 saturated heterocycles. The molecule has 0 spiro atoms. The average Bonchev–Trinajstić information content (AvgIpc) is 2.60. The van der Waals surface area contributed by atoms with Crippen LogP contribution in [0.2, 0.25) is 5.02 Å². The van der Waals surface area contributed by atoms with Gasteiger partial charge in [-0.3, -0.25) is 4.90 Å². The highest BCUT2D eigenvalue weighted by molar-refractivity contribution is 6.30. The molecule has 2 nitrogen and oxygen atoms in total. The van der Waals surface area contributed by atoms with Crippen molar-refractivity contribution in [1.82, 2.24) is 9.80 Å². The van der Waals surface area contributed by atoms with Crippen molar-refractivity contribution in [2.45, 2.75) is 19.4 Å². The molecule has 1 heterocycles. The summed E-state index contributed by atoms with van der Waals surface area (Å²) in [6, 6.07) is 19.5. The summed E-state index contributed by atoms with van der Waals surface area (Å²) in [6.45, 7) is 8.01. The van der Waals surface area contributed by atoms with Crippen LogP contribution < -0.4 is 0 Å². The number of benzene rings is 2. The molecule has 1 fully saturated rings. The van der Waals surface area contributed by atoms with Crippen molar-refractivity contribution in [1.29, 1.82) is 0 Å². The molecule has 1 aliphatic rings. The predicted octanol–water partition coefficient (Wildman–Crippen LogP) is 4.46. The van der Waals surface area contributed by atoms with Gasteiger partial charge in [-0.15, -0.1) is 0 Å². The molecule has 0 radical (unpaired) electrons. The van der Waals surface area contributed by atoms with Crippen LogP contribution in [0.5, 0.6) is 0 Å². The third kappa shape index (κ3) is 4.14. The fourth-order valence-corrected chi connectivity index (χ4v) is 3.58. The van der Waals surface area contributed by atoms with Gasteiger partial charge >= 0.3 is 0 Å². The smallest absolute Gasteiger partial charge is 0.0602 e. The molecule has 2 aromatic rings. The van der Waals surface area contributed by atoms with Crippen molar-refractivity contribution in [3.05, 3.63) is 70.7 Å². The molecular formula is C20H25ClN2. The first-order chi connectivity index (χ1) is 11.3. The monoisotopic (exact) mass is 328 g/mol. The summed E-state index contributed by atoms with van der Waals surface area (Å²) in [5, 5.41) is 0.799. The van der Waals surface area contributed by atoms with E-state index in [1.807, 2.05) is 12.1 Å². The van der Waals surface area contributed by atoms with E-state index in [9.17, 15) is 0 Å². The minimum Gasteiger partial charge on any atom is -0.301 e. The second kappa shape index (κ2) is 7.96. The van der Waals surface area contributed by atoms with E-state index < -0.39 is 0 Å². The topological polar surface area (TPSA) is 6.48 Å². The highest BCUT2D eigenvalue weighted by Gasteiger charge is 2.25. The summed E-state index contributed by atoms with van der Waals surface area (Å²) in [5.41, 5.74) is 2.68. The first-order valence-electron chi connectivity index (χ1n) is 8.54. The number of nitrogens with zero attached hydrogens (tertiary/aromatic N) is 2. The van der Waals surface area contributed by atoms with Crippen LogP contribution in [0.1, 0.15) is 30.5 Å². The average molecular weight is 329 g/mol. The number of hydrogen-bond acceptors (Lipinski definition) is 2. The molecular weight excluding hydrogens is 304 g/mol. The van der Waals surface area contributed by atoms with Gasteiger partial charge in [0.25, 0.3) is 0 Å². The summed E-state index contributed by atoms with van der Waals surface area (Å²) in [6.07, 6.45) is 1.24. The molecule has 1 atom stereocenters. The van der Waals surface area contributed by atoms with Crippen LogP contribution in [0, 0.1) is 0 Å². The molecule has 0 amide bonds. The molecule has 23 heavy (non-hydrogen) atoms. The van der Waals surface area contributed by atoms with Crippen molar-refractivity contribution in [3.8, 4) is 0 Å². The van der Waals surface area contributed by atoms with E-state index in [1.165, 1.54) is 24.1 Å². The Morgan fingerprint density at radius 1 is 0.870 bits per heavy atom. The van der Waals surface area contributed by atoms with Crippen LogP contribution in [-0.2, 0) is 0 Å². The molecule has 0 unspecified atom stereocenters. The molecule has 0 bridgehead atoms. The highest BCUT2D eigenvalue weighted by Crippen LogP contribution is 2.30. The SMILES string of the molecule is CCCN1CCN([C@@H](c2ccccc2)c2ccc(Cl)cc2)CC1. The Bertz CT molecular complexity index is 589. The van der Waals surface area contributed by atoms with E-state index >= 15 is 0 Å². The quantitative estimate of drug-likeness (QED) is 0.799. The van der Waals surface area contributed by atoms with Gasteiger partial charge in [0.15, 0.2) is 0 Å². The van der Waals surface area contributed by atoms with Gasteiger partial charge in [0.2, 0.25) is 0 Å². The Balaban J connectivity index is 1.83. The van der Waals surface area contributed by atoms with Crippen molar-refractivity contribution in [2.24, 2.45) is 0 Å². The maximum Gasteiger partial charge on any atom is 0.0602 e. The van der Waals surface area contributed by atoms with Gasteiger partial charge in [-0.25, -0.2) is 0 Å². The van der Waals surface area contributed by atoms with Crippen molar-refractivity contribution in [3.63, 3.8) is 0 Å².